The van der Waals surface area contributed by atoms with Gasteiger partial charge in [-0.05, 0) is 30.5 Å². The average molecular weight is 369 g/mol. The summed E-state index contributed by atoms with van der Waals surface area (Å²) in [6, 6.07) is 8.48. The smallest absolute Gasteiger partial charge is 0.222 e. The molecule has 1 aromatic rings. The summed E-state index contributed by atoms with van der Waals surface area (Å²) >= 11 is 3.48. The molecule has 0 heterocycles. The molecule has 4 nitrogen and oxygen atoms in total. The van der Waals surface area contributed by atoms with Crippen molar-refractivity contribution < 1.29 is 9.53 Å². The largest absolute Gasteiger partial charge is 0.380 e. The molecule has 0 spiro atoms. The predicted octanol–water partition coefficient (Wildman–Crippen LogP) is 2.74. The number of ether oxygens (including phenoxy) is 1. The minimum absolute atomic E-state index is 0.0145. The second-order valence-electron chi connectivity index (χ2n) is 6.07. The second kappa shape index (κ2) is 8.09. The zero-order chi connectivity index (χ0) is 16.0. The fraction of sp³-hybridized carbons (Fsp3) is 0.588. The van der Waals surface area contributed by atoms with E-state index < -0.39 is 0 Å². The van der Waals surface area contributed by atoms with E-state index in [1.165, 1.54) is 18.4 Å². The number of nitrogens with two attached hydrogens (primary N) is 1. The fourth-order valence-electron chi connectivity index (χ4n) is 3.23. The number of hydrogen-bond acceptors (Lipinski definition) is 3. The minimum Gasteiger partial charge on any atom is -0.380 e. The third kappa shape index (κ3) is 4.31. The van der Waals surface area contributed by atoms with Gasteiger partial charge in [-0.3, -0.25) is 4.79 Å². The van der Waals surface area contributed by atoms with E-state index >= 15 is 0 Å². The van der Waals surface area contributed by atoms with Gasteiger partial charge < -0.3 is 15.8 Å². The lowest BCUT2D eigenvalue weighted by atomic mass is 9.79. The highest BCUT2D eigenvalue weighted by molar-refractivity contribution is 9.10. The van der Waals surface area contributed by atoms with E-state index in [1.807, 2.05) is 0 Å². The molecular formula is C17H25BrN2O2. The van der Waals surface area contributed by atoms with E-state index in [0.717, 1.165) is 17.3 Å². The standard InChI is InChI=1S/C17H25BrN2O2/c1-22-15(11-19)10-16(21)20-12-17(8-2-3-9-17)13-4-6-14(18)7-5-13/h4-7,15H,2-3,8-12,19H2,1H3,(H,20,21). The van der Waals surface area contributed by atoms with Crippen LogP contribution in [-0.4, -0.2) is 32.2 Å². The molecule has 0 aliphatic heterocycles. The van der Waals surface area contributed by atoms with Gasteiger partial charge in [0, 0.05) is 30.1 Å². The van der Waals surface area contributed by atoms with Crippen molar-refractivity contribution in [2.75, 3.05) is 20.2 Å². The lowest BCUT2D eigenvalue weighted by Crippen LogP contribution is -2.41. The average Bonchev–Trinajstić information content (AvgIpc) is 3.01. The molecule has 1 aromatic carbocycles. The van der Waals surface area contributed by atoms with Crippen LogP contribution < -0.4 is 11.1 Å². The molecule has 1 aliphatic carbocycles. The van der Waals surface area contributed by atoms with Gasteiger partial charge in [-0.15, -0.1) is 0 Å². The number of hydrogen-bond donors (Lipinski definition) is 2. The topological polar surface area (TPSA) is 64.3 Å². The van der Waals surface area contributed by atoms with Gasteiger partial charge in [-0.1, -0.05) is 40.9 Å². The summed E-state index contributed by atoms with van der Waals surface area (Å²) in [7, 11) is 1.59. The van der Waals surface area contributed by atoms with Crippen LogP contribution in [0, 0.1) is 0 Å². The Morgan fingerprint density at radius 2 is 2.00 bits per heavy atom. The third-order valence-electron chi connectivity index (χ3n) is 4.65. The van der Waals surface area contributed by atoms with Crippen molar-refractivity contribution in [1.29, 1.82) is 0 Å². The van der Waals surface area contributed by atoms with E-state index in [2.05, 4.69) is 45.5 Å². The molecule has 0 radical (unpaired) electrons. The van der Waals surface area contributed by atoms with Crippen LogP contribution in [-0.2, 0) is 14.9 Å². The van der Waals surface area contributed by atoms with Crippen molar-refractivity contribution in [1.82, 2.24) is 5.32 Å². The van der Waals surface area contributed by atoms with Crippen molar-refractivity contribution in [3.63, 3.8) is 0 Å². The van der Waals surface area contributed by atoms with Gasteiger partial charge in [0.1, 0.15) is 0 Å². The van der Waals surface area contributed by atoms with E-state index in [1.54, 1.807) is 7.11 Å². The molecular weight excluding hydrogens is 344 g/mol. The zero-order valence-corrected chi connectivity index (χ0v) is 14.7. The van der Waals surface area contributed by atoms with Crippen LogP contribution in [0.3, 0.4) is 0 Å². The molecule has 1 fully saturated rings. The van der Waals surface area contributed by atoms with Crippen LogP contribution in [0.4, 0.5) is 0 Å². The minimum atomic E-state index is -0.202. The molecule has 22 heavy (non-hydrogen) atoms. The molecule has 1 atom stereocenters. The van der Waals surface area contributed by atoms with Gasteiger partial charge in [0.15, 0.2) is 0 Å². The molecule has 1 saturated carbocycles. The first-order chi connectivity index (χ1) is 10.6. The molecule has 0 saturated heterocycles. The molecule has 3 N–H and O–H groups in total. The number of amides is 1. The molecule has 1 unspecified atom stereocenters. The first kappa shape index (κ1) is 17.4. The maximum Gasteiger partial charge on any atom is 0.222 e. The molecule has 5 heteroatoms. The Hall–Kier alpha value is -0.910. The summed E-state index contributed by atoms with van der Waals surface area (Å²) < 4.78 is 6.26. The zero-order valence-electron chi connectivity index (χ0n) is 13.1. The Balaban J connectivity index is 2.00. The monoisotopic (exact) mass is 368 g/mol. The lowest BCUT2D eigenvalue weighted by Gasteiger charge is -2.30. The van der Waals surface area contributed by atoms with Crippen molar-refractivity contribution in [3.05, 3.63) is 34.3 Å². The summed E-state index contributed by atoms with van der Waals surface area (Å²) in [5.41, 5.74) is 6.96. The maximum absolute atomic E-state index is 12.1. The van der Waals surface area contributed by atoms with Gasteiger partial charge in [0.25, 0.3) is 0 Å². The summed E-state index contributed by atoms with van der Waals surface area (Å²) in [6.07, 6.45) is 4.81. The molecule has 2 rings (SSSR count). The van der Waals surface area contributed by atoms with Crippen LogP contribution >= 0.6 is 15.9 Å². The van der Waals surface area contributed by atoms with Crippen molar-refractivity contribution in [2.24, 2.45) is 5.73 Å². The molecule has 0 aromatic heterocycles. The quantitative estimate of drug-likeness (QED) is 0.777. The van der Waals surface area contributed by atoms with E-state index in [9.17, 15) is 4.79 Å². The van der Waals surface area contributed by atoms with Crippen LogP contribution in [0.15, 0.2) is 28.7 Å². The highest BCUT2D eigenvalue weighted by Crippen LogP contribution is 2.40. The summed E-state index contributed by atoms with van der Waals surface area (Å²) in [5.74, 6) is 0.0145. The van der Waals surface area contributed by atoms with Crippen LogP contribution in [0.25, 0.3) is 0 Å². The summed E-state index contributed by atoms with van der Waals surface area (Å²) in [4.78, 5) is 12.1. The number of benzene rings is 1. The number of nitrogens with one attached hydrogen (secondary N) is 1. The van der Waals surface area contributed by atoms with Gasteiger partial charge in [-0.2, -0.15) is 0 Å². The highest BCUT2D eigenvalue weighted by atomic mass is 79.9. The Morgan fingerprint density at radius 1 is 1.36 bits per heavy atom. The number of methoxy groups -OCH3 is 1. The normalized spacial score (nSPS) is 18.1. The number of carbonyl (C=O) groups is 1. The lowest BCUT2D eigenvalue weighted by molar-refractivity contribution is -0.123. The second-order valence-corrected chi connectivity index (χ2v) is 6.98. The first-order valence-corrected chi connectivity index (χ1v) is 8.64. The highest BCUT2D eigenvalue weighted by Gasteiger charge is 2.35. The molecule has 1 amide bonds. The molecule has 122 valence electrons. The Bertz CT molecular complexity index is 480. The van der Waals surface area contributed by atoms with Crippen LogP contribution in [0.2, 0.25) is 0 Å². The van der Waals surface area contributed by atoms with Gasteiger partial charge in [0.05, 0.1) is 12.5 Å². The Kier molecular flexibility index (Phi) is 6.41. The Morgan fingerprint density at radius 3 is 2.55 bits per heavy atom. The van der Waals surface area contributed by atoms with E-state index in [0.29, 0.717) is 19.5 Å². The van der Waals surface area contributed by atoms with Crippen molar-refractivity contribution in [3.8, 4) is 0 Å². The predicted molar refractivity (Wildman–Crippen MR) is 91.8 cm³/mol. The van der Waals surface area contributed by atoms with Gasteiger partial charge >= 0.3 is 0 Å². The first-order valence-electron chi connectivity index (χ1n) is 7.85. The van der Waals surface area contributed by atoms with Gasteiger partial charge in [0.2, 0.25) is 5.91 Å². The van der Waals surface area contributed by atoms with Crippen LogP contribution in [0.5, 0.6) is 0 Å². The molecule has 1 aliphatic rings. The number of halogens is 1. The third-order valence-corrected chi connectivity index (χ3v) is 5.18. The van der Waals surface area contributed by atoms with Crippen molar-refractivity contribution in [2.45, 2.75) is 43.6 Å². The Labute approximate surface area is 140 Å². The van der Waals surface area contributed by atoms with E-state index in [-0.39, 0.29) is 17.4 Å². The number of rotatable bonds is 7. The maximum atomic E-state index is 12.1. The van der Waals surface area contributed by atoms with E-state index in [4.69, 9.17) is 10.5 Å². The SMILES string of the molecule is COC(CN)CC(=O)NCC1(c2ccc(Br)cc2)CCCC1. The summed E-state index contributed by atoms with van der Waals surface area (Å²) in [5, 5.41) is 3.09. The van der Waals surface area contributed by atoms with Crippen molar-refractivity contribution >= 4 is 21.8 Å². The molecule has 0 bridgehead atoms. The summed E-state index contributed by atoms with van der Waals surface area (Å²) in [6.45, 7) is 1.05. The fourth-order valence-corrected chi connectivity index (χ4v) is 3.50. The van der Waals surface area contributed by atoms with Crippen LogP contribution in [0.1, 0.15) is 37.7 Å². The van der Waals surface area contributed by atoms with Gasteiger partial charge in [-0.25, -0.2) is 0 Å². The number of carbonyl (C=O) groups excluding carboxylic acids is 1.